The number of aryl methyl sites for hydroxylation is 1. The van der Waals surface area contributed by atoms with Crippen LogP contribution in [0.25, 0.3) is 0 Å². The molecule has 0 radical (unpaired) electrons. The van der Waals surface area contributed by atoms with Crippen molar-refractivity contribution in [3.05, 3.63) is 51.5 Å². The lowest BCUT2D eigenvalue weighted by atomic mass is 9.97. The van der Waals surface area contributed by atoms with E-state index in [1.54, 1.807) is 11.3 Å². The second kappa shape index (κ2) is 8.43. The molecule has 5 nitrogen and oxygen atoms in total. The molecule has 4 rings (SSSR count). The Morgan fingerprint density at radius 3 is 2.93 bits per heavy atom. The Morgan fingerprint density at radius 1 is 1.29 bits per heavy atom. The quantitative estimate of drug-likeness (QED) is 0.811. The van der Waals surface area contributed by atoms with Gasteiger partial charge in [-0.3, -0.25) is 9.59 Å². The highest BCUT2D eigenvalue weighted by Gasteiger charge is 2.29. The van der Waals surface area contributed by atoms with Crippen LogP contribution in [0.2, 0.25) is 0 Å². The first-order valence-corrected chi connectivity index (χ1v) is 11.1. The number of rotatable bonds is 6. The second-order valence-electron chi connectivity index (χ2n) is 7.95. The molecular formula is C22H27N3O2S. The van der Waals surface area contributed by atoms with Crippen molar-refractivity contribution in [3.63, 3.8) is 0 Å². The maximum absolute atomic E-state index is 12.9. The molecule has 2 amide bonds. The van der Waals surface area contributed by atoms with Crippen LogP contribution in [0.15, 0.2) is 29.6 Å². The Morgan fingerprint density at radius 2 is 2.14 bits per heavy atom. The van der Waals surface area contributed by atoms with E-state index in [4.69, 9.17) is 4.98 Å². The number of carbonyl (C=O) groups excluding carboxylic acids is 2. The first kappa shape index (κ1) is 19.1. The summed E-state index contributed by atoms with van der Waals surface area (Å²) >= 11 is 1.68. The number of thiazole rings is 1. The van der Waals surface area contributed by atoms with E-state index in [0.29, 0.717) is 12.5 Å². The number of nitrogens with zero attached hydrogens (tertiary/aromatic N) is 2. The first-order chi connectivity index (χ1) is 13.6. The van der Waals surface area contributed by atoms with Gasteiger partial charge in [0, 0.05) is 48.8 Å². The number of nitrogens with one attached hydrogen (secondary N) is 1. The topological polar surface area (TPSA) is 62.3 Å². The summed E-state index contributed by atoms with van der Waals surface area (Å²) in [7, 11) is 0. The average Bonchev–Trinajstić information content (AvgIpc) is 3.46. The van der Waals surface area contributed by atoms with Gasteiger partial charge in [-0.15, -0.1) is 11.3 Å². The molecule has 1 atom stereocenters. The van der Waals surface area contributed by atoms with Crippen molar-refractivity contribution in [2.45, 2.75) is 44.9 Å². The van der Waals surface area contributed by atoms with Crippen molar-refractivity contribution in [2.75, 3.05) is 19.6 Å². The van der Waals surface area contributed by atoms with Crippen LogP contribution in [0.5, 0.6) is 0 Å². The maximum Gasteiger partial charge on any atom is 0.253 e. The normalized spacial score (nSPS) is 19.5. The van der Waals surface area contributed by atoms with E-state index in [2.05, 4.69) is 10.7 Å². The summed E-state index contributed by atoms with van der Waals surface area (Å²) in [6, 6.07) is 7.82. The Bertz CT molecular complexity index is 859. The van der Waals surface area contributed by atoms with E-state index in [0.717, 1.165) is 67.0 Å². The zero-order valence-electron chi connectivity index (χ0n) is 16.3. The molecule has 2 aliphatic rings. The maximum atomic E-state index is 12.9. The Hall–Kier alpha value is -2.21. The van der Waals surface area contributed by atoms with Crippen molar-refractivity contribution in [1.82, 2.24) is 15.2 Å². The van der Waals surface area contributed by atoms with Gasteiger partial charge in [0.15, 0.2) is 0 Å². The summed E-state index contributed by atoms with van der Waals surface area (Å²) in [4.78, 5) is 31.4. The van der Waals surface area contributed by atoms with Crippen LogP contribution in [0.3, 0.4) is 0 Å². The van der Waals surface area contributed by atoms with Crippen LogP contribution in [-0.2, 0) is 11.2 Å². The lowest BCUT2D eigenvalue weighted by molar-refractivity contribution is -0.122. The van der Waals surface area contributed by atoms with Gasteiger partial charge in [-0.1, -0.05) is 17.7 Å². The molecule has 0 spiro atoms. The number of hydrogen-bond acceptors (Lipinski definition) is 4. The SMILES string of the molecule is Cc1cccc(C(=O)N2CCC[C@@H](c3nc(CCNC(=O)C4CC4)cs3)C2)c1. The largest absolute Gasteiger partial charge is 0.355 e. The summed E-state index contributed by atoms with van der Waals surface area (Å²) in [6.45, 7) is 4.22. The third-order valence-electron chi connectivity index (χ3n) is 5.52. The molecule has 0 bridgehead atoms. The zero-order valence-corrected chi connectivity index (χ0v) is 17.1. The smallest absolute Gasteiger partial charge is 0.253 e. The van der Waals surface area contributed by atoms with Gasteiger partial charge in [0.2, 0.25) is 5.91 Å². The van der Waals surface area contributed by atoms with Crippen molar-refractivity contribution >= 4 is 23.2 Å². The molecule has 0 unspecified atom stereocenters. The highest BCUT2D eigenvalue weighted by atomic mass is 32.1. The number of piperidine rings is 1. The predicted molar refractivity (Wildman–Crippen MR) is 111 cm³/mol. The van der Waals surface area contributed by atoms with E-state index in [-0.39, 0.29) is 17.7 Å². The van der Waals surface area contributed by atoms with Crippen LogP contribution in [0.4, 0.5) is 0 Å². The van der Waals surface area contributed by atoms with Crippen molar-refractivity contribution < 1.29 is 9.59 Å². The molecule has 2 fully saturated rings. The molecule has 1 aromatic heterocycles. The van der Waals surface area contributed by atoms with E-state index in [1.165, 1.54) is 0 Å². The molecule has 1 aliphatic heterocycles. The van der Waals surface area contributed by atoms with Gasteiger partial charge >= 0.3 is 0 Å². The first-order valence-electron chi connectivity index (χ1n) is 10.2. The number of amides is 2. The highest BCUT2D eigenvalue weighted by Crippen LogP contribution is 2.30. The van der Waals surface area contributed by atoms with Gasteiger partial charge in [0.05, 0.1) is 10.7 Å². The Kier molecular flexibility index (Phi) is 5.76. The van der Waals surface area contributed by atoms with Gasteiger partial charge in [0.25, 0.3) is 5.91 Å². The summed E-state index contributed by atoms with van der Waals surface area (Å²) in [5, 5.41) is 6.21. The minimum Gasteiger partial charge on any atom is -0.355 e. The molecule has 1 aliphatic carbocycles. The number of carbonyl (C=O) groups is 2. The number of benzene rings is 1. The standard InChI is InChI=1S/C22H27N3O2S/c1-15-4-2-5-17(12-15)22(27)25-11-3-6-18(13-25)21-24-19(14-28-21)9-10-23-20(26)16-7-8-16/h2,4-5,12,14,16,18H,3,6-11,13H2,1H3,(H,23,26)/t18-/m1/s1. The highest BCUT2D eigenvalue weighted by molar-refractivity contribution is 7.09. The van der Waals surface area contributed by atoms with Crippen molar-refractivity contribution in [1.29, 1.82) is 0 Å². The lowest BCUT2D eigenvalue weighted by Gasteiger charge is -2.32. The van der Waals surface area contributed by atoms with Crippen LogP contribution in [0, 0.1) is 12.8 Å². The minimum absolute atomic E-state index is 0.118. The molecule has 1 N–H and O–H groups in total. The Balaban J connectivity index is 1.33. The summed E-state index contributed by atoms with van der Waals surface area (Å²) in [5.74, 6) is 0.869. The summed E-state index contributed by atoms with van der Waals surface area (Å²) in [5.41, 5.74) is 2.92. The molecule has 148 valence electrons. The molecule has 2 aromatic rings. The van der Waals surface area contributed by atoms with Gasteiger partial charge < -0.3 is 10.2 Å². The zero-order chi connectivity index (χ0) is 19.5. The van der Waals surface area contributed by atoms with Gasteiger partial charge in [-0.2, -0.15) is 0 Å². The predicted octanol–water partition coefficient (Wildman–Crippen LogP) is 3.54. The van der Waals surface area contributed by atoms with Gasteiger partial charge in [0.1, 0.15) is 0 Å². The molecule has 2 heterocycles. The van der Waals surface area contributed by atoms with Crippen LogP contribution < -0.4 is 5.32 Å². The Labute approximate surface area is 170 Å². The molecule has 28 heavy (non-hydrogen) atoms. The van der Waals surface area contributed by atoms with E-state index in [1.807, 2.05) is 36.1 Å². The fraction of sp³-hybridized carbons (Fsp3) is 0.500. The fourth-order valence-electron chi connectivity index (χ4n) is 3.75. The molecular weight excluding hydrogens is 370 g/mol. The van der Waals surface area contributed by atoms with E-state index < -0.39 is 0 Å². The number of aromatic nitrogens is 1. The third-order valence-corrected chi connectivity index (χ3v) is 6.58. The number of hydrogen-bond donors (Lipinski definition) is 1. The second-order valence-corrected chi connectivity index (χ2v) is 8.84. The van der Waals surface area contributed by atoms with Crippen LogP contribution in [0.1, 0.15) is 58.2 Å². The fourth-order valence-corrected chi connectivity index (χ4v) is 4.73. The van der Waals surface area contributed by atoms with Gasteiger partial charge in [-0.05, 0) is 44.7 Å². The van der Waals surface area contributed by atoms with Crippen LogP contribution in [-0.4, -0.2) is 41.3 Å². The summed E-state index contributed by atoms with van der Waals surface area (Å²) < 4.78 is 0. The van der Waals surface area contributed by atoms with Crippen LogP contribution >= 0.6 is 11.3 Å². The van der Waals surface area contributed by atoms with E-state index in [9.17, 15) is 9.59 Å². The minimum atomic E-state index is 0.118. The third kappa shape index (κ3) is 4.61. The average molecular weight is 398 g/mol. The lowest BCUT2D eigenvalue weighted by Crippen LogP contribution is -2.39. The molecule has 1 saturated carbocycles. The van der Waals surface area contributed by atoms with Crippen molar-refractivity contribution in [3.8, 4) is 0 Å². The molecule has 1 saturated heterocycles. The summed E-state index contributed by atoms with van der Waals surface area (Å²) in [6.07, 6.45) is 4.92. The molecule has 1 aromatic carbocycles. The molecule has 6 heteroatoms. The van der Waals surface area contributed by atoms with Crippen molar-refractivity contribution in [2.24, 2.45) is 5.92 Å². The van der Waals surface area contributed by atoms with Gasteiger partial charge in [-0.25, -0.2) is 4.98 Å². The number of likely N-dealkylation sites (tertiary alicyclic amines) is 1. The van der Waals surface area contributed by atoms with E-state index >= 15 is 0 Å². The monoisotopic (exact) mass is 397 g/mol.